The van der Waals surface area contributed by atoms with Crippen molar-refractivity contribution in [3.8, 4) is 22.7 Å². The van der Waals surface area contributed by atoms with Crippen molar-refractivity contribution in [1.82, 2.24) is 15.2 Å². The molecule has 0 spiro atoms. The van der Waals surface area contributed by atoms with Crippen molar-refractivity contribution in [2.24, 2.45) is 5.10 Å². The van der Waals surface area contributed by atoms with Crippen LogP contribution in [-0.4, -0.2) is 28.5 Å². The Hall–Kier alpha value is -3.71. The highest BCUT2D eigenvalue weighted by molar-refractivity contribution is 9.10. The first-order valence-electron chi connectivity index (χ1n) is 10.0. The van der Waals surface area contributed by atoms with Gasteiger partial charge in [-0.25, -0.2) is 10.1 Å². The molecule has 0 aliphatic carbocycles. The number of nitrogens with zero attached hydrogens (tertiary/aromatic N) is 3. The minimum absolute atomic E-state index is 0.137. The molecule has 0 aliphatic rings. The fourth-order valence-electron chi connectivity index (χ4n) is 3.12. The van der Waals surface area contributed by atoms with Crippen molar-refractivity contribution in [1.29, 1.82) is 0 Å². The van der Waals surface area contributed by atoms with Crippen LogP contribution in [0.15, 0.2) is 94.6 Å². The highest BCUT2D eigenvalue weighted by Gasteiger charge is 2.11. The predicted molar refractivity (Wildman–Crippen MR) is 129 cm³/mol. The molecule has 6 nitrogen and oxygen atoms in total. The van der Waals surface area contributed by atoms with Gasteiger partial charge in [0.1, 0.15) is 11.4 Å². The van der Waals surface area contributed by atoms with Crippen LogP contribution in [0.3, 0.4) is 0 Å². The molecule has 160 valence electrons. The van der Waals surface area contributed by atoms with Crippen molar-refractivity contribution in [2.75, 3.05) is 6.61 Å². The zero-order chi connectivity index (χ0) is 22.3. The molecule has 1 aromatic heterocycles. The number of ether oxygens (including phenoxy) is 1. The van der Waals surface area contributed by atoms with Crippen LogP contribution in [0.1, 0.15) is 11.1 Å². The van der Waals surface area contributed by atoms with Crippen LogP contribution < -0.4 is 10.2 Å². The lowest BCUT2D eigenvalue weighted by atomic mass is 10.1. The van der Waals surface area contributed by atoms with Crippen LogP contribution in [0.25, 0.3) is 16.9 Å². The average Bonchev–Trinajstić information content (AvgIpc) is 3.23. The molecule has 0 bridgehead atoms. The normalized spacial score (nSPS) is 10.9. The minimum atomic E-state index is -0.353. The molecule has 32 heavy (non-hydrogen) atoms. The summed E-state index contributed by atoms with van der Waals surface area (Å²) in [6.45, 7) is 1.90. The molecule has 0 fully saturated rings. The first-order chi connectivity index (χ1) is 15.6. The van der Waals surface area contributed by atoms with Crippen LogP contribution in [-0.2, 0) is 4.79 Å². The molecular formula is C25H21BrN4O2. The third kappa shape index (κ3) is 5.50. The number of para-hydroxylation sites is 1. The van der Waals surface area contributed by atoms with E-state index in [4.69, 9.17) is 9.84 Å². The zero-order valence-corrected chi connectivity index (χ0v) is 19.0. The Morgan fingerprint density at radius 1 is 1.09 bits per heavy atom. The van der Waals surface area contributed by atoms with E-state index in [1.807, 2.05) is 73.8 Å². The van der Waals surface area contributed by atoms with E-state index in [9.17, 15) is 4.79 Å². The Morgan fingerprint density at radius 3 is 2.69 bits per heavy atom. The second kappa shape index (κ2) is 10.1. The Morgan fingerprint density at radius 2 is 1.91 bits per heavy atom. The van der Waals surface area contributed by atoms with Crippen LogP contribution in [0.4, 0.5) is 0 Å². The average molecular weight is 489 g/mol. The van der Waals surface area contributed by atoms with Gasteiger partial charge in [-0.05, 0) is 43.3 Å². The van der Waals surface area contributed by atoms with Gasteiger partial charge in [0, 0.05) is 21.8 Å². The molecular weight excluding hydrogens is 468 g/mol. The molecule has 7 heteroatoms. The number of hydrazone groups is 1. The van der Waals surface area contributed by atoms with E-state index in [0.29, 0.717) is 5.75 Å². The van der Waals surface area contributed by atoms with Crippen molar-refractivity contribution in [3.63, 3.8) is 0 Å². The summed E-state index contributed by atoms with van der Waals surface area (Å²) in [5.74, 6) is 0.248. The smallest absolute Gasteiger partial charge is 0.277 e. The SMILES string of the molecule is Cc1cccc(-c2nn(-c3ccccc3)cc2/C=N\NC(=O)COc2cccc(Br)c2)c1. The molecule has 0 aliphatic heterocycles. The van der Waals surface area contributed by atoms with Gasteiger partial charge in [-0.15, -0.1) is 0 Å². The van der Waals surface area contributed by atoms with E-state index < -0.39 is 0 Å². The van der Waals surface area contributed by atoms with E-state index in [1.165, 1.54) is 0 Å². The first kappa shape index (κ1) is 21.5. The van der Waals surface area contributed by atoms with Crippen LogP contribution >= 0.6 is 15.9 Å². The van der Waals surface area contributed by atoms with E-state index in [1.54, 1.807) is 23.0 Å². The summed E-state index contributed by atoms with van der Waals surface area (Å²) in [4.78, 5) is 12.1. The lowest BCUT2D eigenvalue weighted by molar-refractivity contribution is -0.123. The van der Waals surface area contributed by atoms with E-state index in [2.05, 4.69) is 32.5 Å². The fraction of sp³-hybridized carbons (Fsp3) is 0.0800. The van der Waals surface area contributed by atoms with Crippen LogP contribution in [0, 0.1) is 6.92 Å². The summed E-state index contributed by atoms with van der Waals surface area (Å²) in [6, 6.07) is 25.3. The molecule has 4 aromatic rings. The molecule has 1 heterocycles. The Kier molecular flexibility index (Phi) is 6.77. The second-order valence-electron chi connectivity index (χ2n) is 7.12. The topological polar surface area (TPSA) is 68.5 Å². The minimum Gasteiger partial charge on any atom is -0.484 e. The monoisotopic (exact) mass is 488 g/mol. The van der Waals surface area contributed by atoms with Gasteiger partial charge < -0.3 is 4.74 Å². The molecule has 0 atom stereocenters. The predicted octanol–water partition coefficient (Wildman–Crippen LogP) is 5.14. The number of carbonyl (C=O) groups is 1. The number of aromatic nitrogens is 2. The van der Waals surface area contributed by atoms with Crippen molar-refractivity contribution >= 4 is 28.1 Å². The Balaban J connectivity index is 1.50. The Bertz CT molecular complexity index is 1250. The number of aryl methyl sites for hydroxylation is 1. The lowest BCUT2D eigenvalue weighted by Gasteiger charge is -2.05. The number of amides is 1. The lowest BCUT2D eigenvalue weighted by Crippen LogP contribution is -2.24. The quantitative estimate of drug-likeness (QED) is 0.289. The summed E-state index contributed by atoms with van der Waals surface area (Å²) >= 11 is 3.37. The van der Waals surface area contributed by atoms with Crippen LogP contribution in [0.5, 0.6) is 5.75 Å². The highest BCUT2D eigenvalue weighted by atomic mass is 79.9. The van der Waals surface area contributed by atoms with Gasteiger partial charge in [0.25, 0.3) is 5.91 Å². The molecule has 0 radical (unpaired) electrons. The Labute approximate surface area is 194 Å². The summed E-state index contributed by atoms with van der Waals surface area (Å²) in [7, 11) is 0. The molecule has 0 unspecified atom stereocenters. The molecule has 0 saturated carbocycles. The second-order valence-corrected chi connectivity index (χ2v) is 8.04. The summed E-state index contributed by atoms with van der Waals surface area (Å²) in [6.07, 6.45) is 3.49. The first-order valence-corrected chi connectivity index (χ1v) is 10.8. The summed E-state index contributed by atoms with van der Waals surface area (Å²) in [5, 5.41) is 8.88. The van der Waals surface area contributed by atoms with Gasteiger partial charge in [0.15, 0.2) is 6.61 Å². The van der Waals surface area contributed by atoms with Gasteiger partial charge in [0.2, 0.25) is 0 Å². The highest BCUT2D eigenvalue weighted by Crippen LogP contribution is 2.23. The number of nitrogens with one attached hydrogen (secondary N) is 1. The fourth-order valence-corrected chi connectivity index (χ4v) is 3.50. The maximum absolute atomic E-state index is 12.1. The van der Waals surface area contributed by atoms with Gasteiger partial charge in [0.05, 0.1) is 11.9 Å². The molecule has 4 rings (SSSR count). The van der Waals surface area contributed by atoms with Gasteiger partial charge in [-0.1, -0.05) is 64.0 Å². The molecule has 1 N–H and O–H groups in total. The number of hydrogen-bond donors (Lipinski definition) is 1. The van der Waals surface area contributed by atoms with Crippen molar-refractivity contribution in [2.45, 2.75) is 6.92 Å². The zero-order valence-electron chi connectivity index (χ0n) is 17.4. The third-order valence-electron chi connectivity index (χ3n) is 4.61. The van der Waals surface area contributed by atoms with Crippen LogP contribution in [0.2, 0.25) is 0 Å². The molecule has 1 amide bonds. The number of benzene rings is 3. The standard InChI is InChI=1S/C25H21BrN4O2/c1-18-7-5-8-19(13-18)25-20(16-30(29-25)22-10-3-2-4-11-22)15-27-28-24(31)17-32-23-12-6-9-21(26)14-23/h2-16H,17H2,1H3,(H,28,31)/b27-15-. The summed E-state index contributed by atoms with van der Waals surface area (Å²) < 4.78 is 8.17. The van der Waals surface area contributed by atoms with E-state index in [0.717, 1.165) is 32.5 Å². The van der Waals surface area contributed by atoms with Crippen molar-refractivity contribution in [3.05, 3.63) is 101 Å². The number of rotatable bonds is 7. The number of carbonyl (C=O) groups excluding carboxylic acids is 1. The third-order valence-corrected chi connectivity index (χ3v) is 5.11. The van der Waals surface area contributed by atoms with Gasteiger partial charge in [-0.2, -0.15) is 10.2 Å². The van der Waals surface area contributed by atoms with Gasteiger partial charge >= 0.3 is 0 Å². The van der Waals surface area contributed by atoms with E-state index in [-0.39, 0.29) is 12.5 Å². The molecule has 3 aromatic carbocycles. The number of hydrogen-bond acceptors (Lipinski definition) is 4. The van der Waals surface area contributed by atoms with Crippen molar-refractivity contribution < 1.29 is 9.53 Å². The number of halogens is 1. The summed E-state index contributed by atoms with van der Waals surface area (Å²) in [5.41, 5.74) is 7.13. The maximum atomic E-state index is 12.1. The largest absolute Gasteiger partial charge is 0.484 e. The molecule has 0 saturated heterocycles. The van der Waals surface area contributed by atoms with Gasteiger partial charge in [-0.3, -0.25) is 4.79 Å². The maximum Gasteiger partial charge on any atom is 0.277 e. The van der Waals surface area contributed by atoms with E-state index >= 15 is 0 Å².